The normalized spacial score (nSPS) is 9.95. The van der Waals surface area contributed by atoms with Crippen LogP contribution in [0, 0.1) is 12.1 Å². The van der Waals surface area contributed by atoms with E-state index in [-0.39, 0.29) is 20.4 Å². The fourth-order valence-corrected chi connectivity index (χ4v) is 3.81. The first-order valence-corrected chi connectivity index (χ1v) is 11.9. The Morgan fingerprint density at radius 1 is 0.351 bits per heavy atom. The van der Waals surface area contributed by atoms with Crippen molar-refractivity contribution in [1.82, 2.24) is 9.97 Å². The molecule has 0 atom stereocenters. The van der Waals surface area contributed by atoms with E-state index < -0.39 is 0 Å². The molecule has 0 aliphatic carbocycles. The zero-order valence-electron chi connectivity index (χ0n) is 20.1. The smallest absolute Gasteiger partial charge is 0.296 e. The van der Waals surface area contributed by atoms with Gasteiger partial charge in [0.1, 0.15) is 0 Å². The molecule has 0 N–H and O–H groups in total. The van der Waals surface area contributed by atoms with Gasteiger partial charge in [-0.05, 0) is 34.6 Å². The molecular formula is C34H24N2Pd. The molecule has 2 heterocycles. The summed E-state index contributed by atoms with van der Waals surface area (Å²) in [5, 5.41) is 0. The Bertz CT molecular complexity index is 1280. The Hall–Kier alpha value is -4.16. The molecule has 2 aromatic heterocycles. The molecule has 0 saturated carbocycles. The van der Waals surface area contributed by atoms with E-state index in [2.05, 4.69) is 46.4 Å². The molecule has 0 amide bonds. The molecule has 180 valence electrons. The van der Waals surface area contributed by atoms with Gasteiger partial charge in [0, 0.05) is 0 Å². The zero-order valence-corrected chi connectivity index (χ0v) is 21.6. The minimum atomic E-state index is 0. The fourth-order valence-electron chi connectivity index (χ4n) is 3.81. The van der Waals surface area contributed by atoms with Crippen LogP contribution in [-0.4, -0.2) is 9.97 Å². The van der Waals surface area contributed by atoms with Gasteiger partial charge < -0.3 is 0 Å². The summed E-state index contributed by atoms with van der Waals surface area (Å²) in [6, 6.07) is 54.8. The Balaban J connectivity index is 0.000000168. The van der Waals surface area contributed by atoms with Crippen molar-refractivity contribution in [1.29, 1.82) is 0 Å². The molecule has 6 aromatic rings. The van der Waals surface area contributed by atoms with Crippen LogP contribution in [0.5, 0.6) is 0 Å². The molecule has 3 heteroatoms. The van der Waals surface area contributed by atoms with Crippen molar-refractivity contribution in [2.75, 3.05) is 0 Å². The summed E-state index contributed by atoms with van der Waals surface area (Å²) in [4.78, 5) is 9.36. The molecule has 4 aromatic carbocycles. The topological polar surface area (TPSA) is 25.8 Å². The molecule has 0 spiro atoms. The van der Waals surface area contributed by atoms with Gasteiger partial charge in [-0.1, -0.05) is 84.9 Å². The van der Waals surface area contributed by atoms with Crippen LogP contribution >= 0.6 is 0 Å². The number of pyridine rings is 2. The Morgan fingerprint density at radius 2 is 0.730 bits per heavy atom. The Labute approximate surface area is 232 Å². The van der Waals surface area contributed by atoms with Crippen LogP contribution in [0.3, 0.4) is 0 Å². The quantitative estimate of drug-likeness (QED) is 0.158. The third kappa shape index (κ3) is 6.96. The van der Waals surface area contributed by atoms with Crippen molar-refractivity contribution < 1.29 is 20.4 Å². The van der Waals surface area contributed by atoms with Crippen LogP contribution in [0.4, 0.5) is 0 Å². The maximum absolute atomic E-state index is 4.68. The molecule has 37 heavy (non-hydrogen) atoms. The van der Waals surface area contributed by atoms with Crippen molar-refractivity contribution in [2.24, 2.45) is 0 Å². The molecule has 0 unspecified atom stereocenters. The van der Waals surface area contributed by atoms with Crippen molar-refractivity contribution in [2.45, 2.75) is 0 Å². The van der Waals surface area contributed by atoms with Crippen LogP contribution < -0.4 is 0 Å². The van der Waals surface area contributed by atoms with Crippen LogP contribution in [0.15, 0.2) is 146 Å². The first kappa shape index (κ1) is 25.9. The molecule has 0 fully saturated rings. The van der Waals surface area contributed by atoms with Gasteiger partial charge in [-0.25, -0.2) is 0 Å². The second-order valence-corrected chi connectivity index (χ2v) is 8.10. The van der Waals surface area contributed by atoms with E-state index in [0.29, 0.717) is 0 Å². The third-order valence-electron chi connectivity index (χ3n) is 5.61. The van der Waals surface area contributed by atoms with E-state index in [9.17, 15) is 0 Å². The summed E-state index contributed by atoms with van der Waals surface area (Å²) in [6.07, 6.45) is 0. The fraction of sp³-hybridized carbons (Fsp3) is 0. The number of benzene rings is 4. The number of nitrogens with zero attached hydrogens (tertiary/aromatic N) is 2. The van der Waals surface area contributed by atoms with Crippen molar-refractivity contribution in [3.05, 3.63) is 158 Å². The maximum Gasteiger partial charge on any atom is 2.00 e. The van der Waals surface area contributed by atoms with Crippen LogP contribution in [0.1, 0.15) is 0 Å². The SMILES string of the molecule is [Pd+2].[c-]1ccccc1-c1cccc(-c2ccccc2)n1.[c-]1ccccc1-c1cccc(-c2ccccc2)n1. The van der Waals surface area contributed by atoms with Gasteiger partial charge >= 0.3 is 20.4 Å². The monoisotopic (exact) mass is 566 g/mol. The first-order chi connectivity index (χ1) is 17.9. The van der Waals surface area contributed by atoms with Gasteiger partial charge in [0.25, 0.3) is 0 Å². The van der Waals surface area contributed by atoms with Crippen molar-refractivity contribution in [3.63, 3.8) is 0 Å². The van der Waals surface area contributed by atoms with Crippen LogP contribution in [0.2, 0.25) is 0 Å². The second kappa shape index (κ2) is 13.2. The molecular weight excluding hydrogens is 543 g/mol. The molecule has 0 aliphatic heterocycles. The molecule has 0 saturated heterocycles. The minimum absolute atomic E-state index is 0. The average molecular weight is 567 g/mol. The number of rotatable bonds is 4. The molecule has 2 nitrogen and oxygen atoms in total. The Kier molecular flexibility index (Phi) is 9.27. The second-order valence-electron chi connectivity index (χ2n) is 8.10. The number of hydrogen-bond donors (Lipinski definition) is 0. The van der Waals surface area contributed by atoms with Gasteiger partial charge in [-0.3, -0.25) is 9.97 Å². The van der Waals surface area contributed by atoms with Gasteiger partial charge in [-0.2, -0.15) is 0 Å². The summed E-state index contributed by atoms with van der Waals surface area (Å²) in [6.45, 7) is 0. The largest absolute Gasteiger partial charge is 2.00 e. The van der Waals surface area contributed by atoms with Crippen molar-refractivity contribution in [3.8, 4) is 45.0 Å². The maximum atomic E-state index is 4.68. The summed E-state index contributed by atoms with van der Waals surface area (Å²) in [7, 11) is 0. The third-order valence-corrected chi connectivity index (χ3v) is 5.61. The summed E-state index contributed by atoms with van der Waals surface area (Å²) < 4.78 is 0. The van der Waals surface area contributed by atoms with E-state index >= 15 is 0 Å². The van der Waals surface area contributed by atoms with E-state index in [1.165, 1.54) is 0 Å². The predicted octanol–water partition coefficient (Wildman–Crippen LogP) is 8.43. The standard InChI is InChI=1S/2C17H12N.Pd/c2*1-3-8-14(9-4-1)16-12-7-13-17(18-16)15-10-5-2-6-11-15;/h2*1-10,12-13H;/q2*-1;+2. The summed E-state index contributed by atoms with van der Waals surface area (Å²) >= 11 is 0. The van der Waals surface area contributed by atoms with Gasteiger partial charge in [0.15, 0.2) is 0 Å². The Morgan fingerprint density at radius 3 is 1.11 bits per heavy atom. The van der Waals surface area contributed by atoms with Crippen molar-refractivity contribution >= 4 is 0 Å². The van der Waals surface area contributed by atoms with Gasteiger partial charge in [-0.15, -0.1) is 71.8 Å². The molecule has 0 radical (unpaired) electrons. The van der Waals surface area contributed by atoms with Gasteiger partial charge in [0.2, 0.25) is 0 Å². The van der Waals surface area contributed by atoms with E-state index in [1.807, 2.05) is 121 Å². The van der Waals surface area contributed by atoms with E-state index in [0.717, 1.165) is 45.0 Å². The number of hydrogen-bond acceptors (Lipinski definition) is 2. The van der Waals surface area contributed by atoms with Crippen LogP contribution in [-0.2, 0) is 20.4 Å². The average Bonchev–Trinajstić information content (AvgIpc) is 2.99. The molecule has 0 aliphatic rings. The summed E-state index contributed by atoms with van der Waals surface area (Å²) in [5.41, 5.74) is 8.21. The van der Waals surface area contributed by atoms with E-state index in [4.69, 9.17) is 0 Å². The molecule has 0 bridgehead atoms. The first-order valence-electron chi connectivity index (χ1n) is 11.9. The molecule has 6 rings (SSSR count). The zero-order chi connectivity index (χ0) is 24.4. The minimum Gasteiger partial charge on any atom is -0.296 e. The summed E-state index contributed by atoms with van der Waals surface area (Å²) in [5.74, 6) is 0. The van der Waals surface area contributed by atoms with Gasteiger partial charge in [0.05, 0.1) is 11.4 Å². The van der Waals surface area contributed by atoms with Crippen LogP contribution in [0.25, 0.3) is 45.0 Å². The number of aromatic nitrogens is 2. The van der Waals surface area contributed by atoms with E-state index in [1.54, 1.807) is 0 Å². The predicted molar refractivity (Wildman–Crippen MR) is 148 cm³/mol.